The van der Waals surface area contributed by atoms with Crippen LogP contribution in [0, 0.1) is 0 Å². The van der Waals surface area contributed by atoms with Crippen LogP contribution in [-0.2, 0) is 4.79 Å². The molecular weight excluding hydrogens is 232 g/mol. The highest BCUT2D eigenvalue weighted by Gasteiger charge is 2.16. The summed E-state index contributed by atoms with van der Waals surface area (Å²) in [5, 5.41) is 15.2. The highest BCUT2D eigenvalue weighted by atomic mass is 32.1. The summed E-state index contributed by atoms with van der Waals surface area (Å²) in [6, 6.07) is -0.449. The molecule has 0 fully saturated rings. The number of aliphatic carboxylic acids is 1. The van der Waals surface area contributed by atoms with Gasteiger partial charge in [-0.05, 0) is 6.42 Å². The van der Waals surface area contributed by atoms with Crippen molar-refractivity contribution < 1.29 is 14.7 Å². The van der Waals surface area contributed by atoms with Crippen LogP contribution in [0.25, 0.3) is 0 Å². The molecule has 8 heteroatoms. The Bertz CT molecular complexity index is 354. The first-order valence-electron chi connectivity index (χ1n) is 4.68. The Labute approximate surface area is 96.2 Å². The van der Waals surface area contributed by atoms with Gasteiger partial charge in [0.15, 0.2) is 0 Å². The van der Waals surface area contributed by atoms with E-state index >= 15 is 0 Å². The third-order valence-corrected chi connectivity index (χ3v) is 2.28. The van der Waals surface area contributed by atoms with E-state index in [9.17, 15) is 9.59 Å². The Morgan fingerprint density at radius 2 is 2.38 bits per heavy atom. The number of nitrogens with zero attached hydrogens (tertiary/aromatic N) is 3. The lowest BCUT2D eigenvalue weighted by Gasteiger charge is -2.19. The average molecular weight is 244 g/mol. The monoisotopic (exact) mass is 244 g/mol. The van der Waals surface area contributed by atoms with Crippen molar-refractivity contribution in [3.8, 4) is 0 Å². The summed E-state index contributed by atoms with van der Waals surface area (Å²) in [7, 11) is 0. The summed E-state index contributed by atoms with van der Waals surface area (Å²) in [6.07, 6.45) is 2.11. The van der Waals surface area contributed by atoms with E-state index in [4.69, 9.17) is 5.11 Å². The van der Waals surface area contributed by atoms with E-state index in [-0.39, 0.29) is 6.54 Å². The molecule has 16 heavy (non-hydrogen) atoms. The number of carbonyl (C=O) groups excluding carboxylic acids is 1. The summed E-state index contributed by atoms with van der Waals surface area (Å²) >= 11 is 1.04. The van der Waals surface area contributed by atoms with Gasteiger partial charge in [-0.25, -0.2) is 4.79 Å². The molecule has 2 amide bonds. The molecule has 1 heterocycles. The minimum Gasteiger partial charge on any atom is -0.480 e. The molecule has 0 aliphatic carbocycles. The summed E-state index contributed by atoms with van der Waals surface area (Å²) in [5.74, 6) is -1.04. The van der Waals surface area contributed by atoms with Gasteiger partial charge in [0, 0.05) is 18.1 Å². The molecule has 2 N–H and O–H groups in total. The highest BCUT2D eigenvalue weighted by Crippen LogP contribution is 2.10. The van der Waals surface area contributed by atoms with Crippen LogP contribution in [0.15, 0.2) is 6.20 Å². The summed E-state index contributed by atoms with van der Waals surface area (Å²) in [5.41, 5.74) is 0. The van der Waals surface area contributed by atoms with E-state index in [0.717, 1.165) is 11.5 Å². The minimum absolute atomic E-state index is 0.314. The molecule has 0 aliphatic rings. The number of amides is 2. The maximum Gasteiger partial charge on any atom is 0.323 e. The molecule has 0 saturated heterocycles. The summed E-state index contributed by atoms with van der Waals surface area (Å²) < 4.78 is 3.58. The molecule has 0 atom stereocenters. The van der Waals surface area contributed by atoms with Gasteiger partial charge in [0.2, 0.25) is 0 Å². The van der Waals surface area contributed by atoms with Gasteiger partial charge in [-0.1, -0.05) is 11.4 Å². The highest BCUT2D eigenvalue weighted by molar-refractivity contribution is 7.10. The molecule has 7 nitrogen and oxygen atoms in total. The number of nitrogens with one attached hydrogen (secondary N) is 1. The fourth-order valence-electron chi connectivity index (χ4n) is 1.09. The number of carboxylic acid groups (broad SMARTS) is 1. The Morgan fingerprint density at radius 3 is 2.88 bits per heavy atom. The topological polar surface area (TPSA) is 95.4 Å². The molecule has 0 spiro atoms. The molecule has 0 bridgehead atoms. The molecule has 1 rings (SSSR count). The van der Waals surface area contributed by atoms with Crippen molar-refractivity contribution >= 4 is 28.5 Å². The van der Waals surface area contributed by atoms with Crippen LogP contribution in [0.1, 0.15) is 13.3 Å². The van der Waals surface area contributed by atoms with Gasteiger partial charge in [0.1, 0.15) is 11.5 Å². The number of anilines is 1. The number of carbonyl (C=O) groups is 2. The maximum atomic E-state index is 11.6. The van der Waals surface area contributed by atoms with E-state index in [2.05, 4.69) is 14.9 Å². The molecular formula is C8H12N4O3S. The van der Waals surface area contributed by atoms with Gasteiger partial charge in [-0.2, -0.15) is 0 Å². The number of hydrogen-bond donors (Lipinski definition) is 2. The molecule has 1 aromatic rings. The second-order valence-corrected chi connectivity index (χ2v) is 3.81. The van der Waals surface area contributed by atoms with E-state index in [1.807, 2.05) is 6.92 Å². The molecule has 0 aliphatic heterocycles. The predicted molar refractivity (Wildman–Crippen MR) is 58.4 cm³/mol. The van der Waals surface area contributed by atoms with Crippen molar-refractivity contribution in [2.24, 2.45) is 0 Å². The fourth-order valence-corrected chi connectivity index (χ4v) is 1.50. The van der Waals surface area contributed by atoms with Crippen LogP contribution >= 0.6 is 11.5 Å². The third-order valence-electron chi connectivity index (χ3n) is 1.70. The normalized spacial score (nSPS) is 9.81. The van der Waals surface area contributed by atoms with Gasteiger partial charge in [-0.15, -0.1) is 5.10 Å². The zero-order valence-electron chi connectivity index (χ0n) is 8.71. The Kier molecular flexibility index (Phi) is 4.65. The average Bonchev–Trinajstić information content (AvgIpc) is 2.69. The molecule has 1 aromatic heterocycles. The number of aromatic nitrogens is 2. The maximum absolute atomic E-state index is 11.6. The molecule has 0 aromatic carbocycles. The van der Waals surface area contributed by atoms with Crippen LogP contribution in [0.3, 0.4) is 0 Å². The Morgan fingerprint density at radius 1 is 1.62 bits per heavy atom. The second kappa shape index (κ2) is 6.01. The summed E-state index contributed by atoms with van der Waals surface area (Å²) in [6.45, 7) is 1.95. The minimum atomic E-state index is -1.04. The van der Waals surface area contributed by atoms with Crippen LogP contribution in [0.4, 0.5) is 9.80 Å². The number of carboxylic acids is 1. The van der Waals surface area contributed by atoms with Crippen molar-refractivity contribution in [2.75, 3.05) is 18.4 Å². The lowest BCUT2D eigenvalue weighted by Crippen LogP contribution is -2.39. The van der Waals surface area contributed by atoms with E-state index in [0.29, 0.717) is 18.0 Å². The quantitative estimate of drug-likeness (QED) is 0.801. The van der Waals surface area contributed by atoms with E-state index in [1.165, 1.54) is 11.1 Å². The smallest absolute Gasteiger partial charge is 0.323 e. The van der Waals surface area contributed by atoms with Crippen molar-refractivity contribution in [3.63, 3.8) is 0 Å². The van der Waals surface area contributed by atoms with Gasteiger partial charge >= 0.3 is 12.0 Å². The van der Waals surface area contributed by atoms with Gasteiger partial charge in [0.05, 0.1) is 6.20 Å². The van der Waals surface area contributed by atoms with Gasteiger partial charge in [0.25, 0.3) is 0 Å². The zero-order valence-corrected chi connectivity index (χ0v) is 9.53. The number of urea groups is 1. The van der Waals surface area contributed by atoms with Crippen LogP contribution < -0.4 is 5.32 Å². The van der Waals surface area contributed by atoms with Crippen molar-refractivity contribution in [3.05, 3.63) is 6.20 Å². The number of hydrogen-bond acceptors (Lipinski definition) is 5. The van der Waals surface area contributed by atoms with Crippen molar-refractivity contribution in [2.45, 2.75) is 13.3 Å². The summed E-state index contributed by atoms with van der Waals surface area (Å²) in [4.78, 5) is 23.4. The first-order valence-corrected chi connectivity index (χ1v) is 5.46. The molecule has 88 valence electrons. The fraction of sp³-hybridized carbons (Fsp3) is 0.500. The van der Waals surface area contributed by atoms with E-state index in [1.54, 1.807) is 0 Å². The predicted octanol–water partition coefficient (Wildman–Crippen LogP) is 0.867. The van der Waals surface area contributed by atoms with Gasteiger partial charge in [-0.3, -0.25) is 10.1 Å². The number of rotatable bonds is 5. The van der Waals surface area contributed by atoms with Crippen LogP contribution in [-0.4, -0.2) is 44.7 Å². The van der Waals surface area contributed by atoms with Crippen LogP contribution in [0.5, 0.6) is 0 Å². The standard InChI is InChI=1S/C8H12N4O3S/c1-2-3-12(5-7(13)14)8(15)10-6-4-9-11-16-6/h4H,2-3,5H2,1H3,(H,10,15)(H,13,14). The first-order chi connectivity index (χ1) is 7.63. The second-order valence-electron chi connectivity index (χ2n) is 3.03. The lowest BCUT2D eigenvalue weighted by atomic mass is 10.4. The Hall–Kier alpha value is -1.70. The van der Waals surface area contributed by atoms with Crippen molar-refractivity contribution in [1.29, 1.82) is 0 Å². The molecule has 0 saturated carbocycles. The molecule has 0 unspecified atom stereocenters. The Balaban J connectivity index is 2.56. The lowest BCUT2D eigenvalue weighted by molar-refractivity contribution is -0.137. The van der Waals surface area contributed by atoms with Crippen LogP contribution in [0.2, 0.25) is 0 Å². The largest absolute Gasteiger partial charge is 0.480 e. The van der Waals surface area contributed by atoms with Gasteiger partial charge < -0.3 is 10.0 Å². The zero-order chi connectivity index (χ0) is 12.0. The third kappa shape index (κ3) is 3.81. The first kappa shape index (κ1) is 12.4. The molecule has 0 radical (unpaired) electrons. The van der Waals surface area contributed by atoms with Crippen molar-refractivity contribution in [1.82, 2.24) is 14.5 Å². The van der Waals surface area contributed by atoms with E-state index < -0.39 is 12.0 Å². The SMILES string of the molecule is CCCN(CC(=O)O)C(=O)Nc1cnns1.